The van der Waals surface area contributed by atoms with E-state index in [1.54, 1.807) is 28.9 Å². The number of nitrogens with zero attached hydrogens (tertiary/aromatic N) is 2. The lowest BCUT2D eigenvalue weighted by Crippen LogP contribution is -2.31. The number of carbonyl (C=O) groups excluding carboxylic acids is 1. The number of nitrogens with one attached hydrogen (secondary N) is 1. The Morgan fingerprint density at radius 1 is 1.15 bits per heavy atom. The van der Waals surface area contributed by atoms with E-state index in [-0.39, 0.29) is 6.54 Å². The van der Waals surface area contributed by atoms with Crippen molar-refractivity contribution in [3.8, 4) is 0 Å². The first-order valence-electron chi connectivity index (χ1n) is 8.06. The second kappa shape index (κ2) is 8.85. The first kappa shape index (κ1) is 19.2. The average Bonchev–Trinajstić information content (AvgIpc) is 3.09. The van der Waals surface area contributed by atoms with Crippen LogP contribution in [0, 0.1) is 0 Å². The molecule has 0 saturated carbocycles. The van der Waals surface area contributed by atoms with E-state index < -0.39 is 12.0 Å². The molecule has 0 unspecified atom stereocenters. The Hall–Kier alpha value is -2.62. The molecule has 0 aliphatic carbocycles. The van der Waals surface area contributed by atoms with Crippen LogP contribution >= 0.6 is 23.1 Å². The normalized spacial score (nSPS) is 10.7. The summed E-state index contributed by atoms with van der Waals surface area (Å²) in [6.07, 6.45) is -1.00. The molecule has 140 valence electrons. The molecule has 1 aromatic heterocycles. The van der Waals surface area contributed by atoms with Gasteiger partial charge in [-0.1, -0.05) is 36.0 Å². The number of aromatic nitrogens is 1. The van der Waals surface area contributed by atoms with Crippen LogP contribution in [0.1, 0.15) is 15.9 Å². The van der Waals surface area contributed by atoms with Crippen molar-refractivity contribution in [1.82, 2.24) is 15.4 Å². The summed E-state index contributed by atoms with van der Waals surface area (Å²) in [5.74, 6) is -0.0132. The summed E-state index contributed by atoms with van der Waals surface area (Å²) < 4.78 is 2.03. The zero-order chi connectivity index (χ0) is 19.2. The smallest absolute Gasteiger partial charge is 0.407 e. The Labute approximate surface area is 163 Å². The minimum atomic E-state index is -1.00. The number of hydrogen-bond acceptors (Lipinski definition) is 6. The van der Waals surface area contributed by atoms with Gasteiger partial charge >= 0.3 is 6.09 Å². The quantitative estimate of drug-likeness (QED) is 0.316. The van der Waals surface area contributed by atoms with Gasteiger partial charge in [-0.3, -0.25) is 10.0 Å². The number of fused-ring (bicyclic) bond motifs is 1. The highest BCUT2D eigenvalue weighted by Crippen LogP contribution is 2.29. The lowest BCUT2D eigenvalue weighted by molar-refractivity contribution is 0.0706. The molecule has 0 radical (unpaired) electrons. The van der Waals surface area contributed by atoms with E-state index in [2.05, 4.69) is 4.98 Å². The number of para-hydroxylation sites is 1. The van der Waals surface area contributed by atoms with Gasteiger partial charge in [0.1, 0.15) is 0 Å². The fraction of sp³-hybridized carbons (Fsp3) is 0.167. The maximum absolute atomic E-state index is 11.5. The molecule has 2 aromatic carbocycles. The summed E-state index contributed by atoms with van der Waals surface area (Å²) in [5.41, 5.74) is 3.57. The molecule has 3 rings (SSSR count). The largest absolute Gasteiger partial charge is 0.465 e. The molecular weight excluding hydrogens is 386 g/mol. The summed E-state index contributed by atoms with van der Waals surface area (Å²) in [7, 11) is 0. The Morgan fingerprint density at radius 2 is 1.89 bits per heavy atom. The third-order valence-electron chi connectivity index (χ3n) is 3.82. The Kier molecular flexibility index (Phi) is 6.28. The van der Waals surface area contributed by atoms with Gasteiger partial charge in [0.2, 0.25) is 0 Å². The van der Waals surface area contributed by atoms with Crippen LogP contribution in [0.5, 0.6) is 0 Å². The summed E-state index contributed by atoms with van der Waals surface area (Å²) in [6, 6.07) is 14.3. The molecule has 0 atom stereocenters. The van der Waals surface area contributed by atoms with Crippen molar-refractivity contribution in [1.29, 1.82) is 0 Å². The molecule has 27 heavy (non-hydrogen) atoms. The molecule has 3 N–H and O–H groups in total. The predicted octanol–water partition coefficient (Wildman–Crippen LogP) is 3.69. The topological polar surface area (TPSA) is 103 Å². The minimum Gasteiger partial charge on any atom is -0.465 e. The summed E-state index contributed by atoms with van der Waals surface area (Å²) >= 11 is 3.13. The van der Waals surface area contributed by atoms with Crippen LogP contribution in [0.3, 0.4) is 0 Å². The molecule has 7 nitrogen and oxygen atoms in total. The van der Waals surface area contributed by atoms with Crippen molar-refractivity contribution < 1.29 is 19.9 Å². The van der Waals surface area contributed by atoms with Crippen LogP contribution in [-0.2, 0) is 6.54 Å². The fourth-order valence-electron chi connectivity index (χ4n) is 2.44. The van der Waals surface area contributed by atoms with Gasteiger partial charge in [-0.2, -0.15) is 0 Å². The highest BCUT2D eigenvalue weighted by atomic mass is 32.2. The van der Waals surface area contributed by atoms with Crippen molar-refractivity contribution in [3.05, 3.63) is 59.7 Å². The van der Waals surface area contributed by atoms with Crippen molar-refractivity contribution in [2.75, 3.05) is 12.3 Å². The number of amides is 2. The van der Waals surface area contributed by atoms with Gasteiger partial charge in [0, 0.05) is 24.4 Å². The summed E-state index contributed by atoms with van der Waals surface area (Å²) in [5, 5.41) is 18.1. The lowest BCUT2D eigenvalue weighted by atomic mass is 10.1. The zero-order valence-electron chi connectivity index (χ0n) is 14.2. The van der Waals surface area contributed by atoms with Crippen LogP contribution in [0.15, 0.2) is 52.9 Å². The van der Waals surface area contributed by atoms with Crippen molar-refractivity contribution in [2.24, 2.45) is 0 Å². The van der Waals surface area contributed by atoms with E-state index in [0.29, 0.717) is 17.9 Å². The van der Waals surface area contributed by atoms with Gasteiger partial charge in [-0.25, -0.2) is 15.3 Å². The summed E-state index contributed by atoms with van der Waals surface area (Å²) in [4.78, 5) is 28.7. The van der Waals surface area contributed by atoms with Gasteiger partial charge in [0.15, 0.2) is 4.34 Å². The molecule has 1 heterocycles. The predicted molar refractivity (Wildman–Crippen MR) is 104 cm³/mol. The van der Waals surface area contributed by atoms with Crippen molar-refractivity contribution >= 4 is 45.3 Å². The molecule has 0 spiro atoms. The summed E-state index contributed by atoms with van der Waals surface area (Å²) in [6.45, 7) is 0.575. The monoisotopic (exact) mass is 403 g/mol. The van der Waals surface area contributed by atoms with E-state index >= 15 is 0 Å². The minimum absolute atomic E-state index is 0.219. The van der Waals surface area contributed by atoms with Gasteiger partial charge in [0.25, 0.3) is 5.91 Å². The van der Waals surface area contributed by atoms with Crippen LogP contribution in [0.2, 0.25) is 0 Å². The second-order valence-electron chi connectivity index (χ2n) is 5.64. The first-order chi connectivity index (χ1) is 13.1. The SMILES string of the molecule is O=C(NO)c1ccc(CN(CCSc2nc3ccccc3s2)C(=O)O)cc1. The van der Waals surface area contributed by atoms with Crippen LogP contribution in [-0.4, -0.2) is 44.5 Å². The van der Waals surface area contributed by atoms with Gasteiger partial charge in [-0.05, 0) is 29.8 Å². The Balaban J connectivity index is 1.57. The number of hydroxylamine groups is 1. The number of carboxylic acid groups (broad SMARTS) is 1. The highest BCUT2D eigenvalue weighted by Gasteiger charge is 2.14. The molecule has 0 bridgehead atoms. The molecule has 0 aliphatic rings. The molecule has 0 aliphatic heterocycles. The average molecular weight is 403 g/mol. The number of rotatable bonds is 7. The number of thiazole rings is 1. The maximum Gasteiger partial charge on any atom is 0.407 e. The third kappa shape index (κ3) is 4.97. The van der Waals surface area contributed by atoms with E-state index in [1.165, 1.54) is 28.8 Å². The number of carbonyl (C=O) groups is 2. The van der Waals surface area contributed by atoms with E-state index in [4.69, 9.17) is 5.21 Å². The Bertz CT molecular complexity index is 910. The van der Waals surface area contributed by atoms with Gasteiger partial charge in [-0.15, -0.1) is 11.3 Å². The second-order valence-corrected chi connectivity index (χ2v) is 8.01. The highest BCUT2D eigenvalue weighted by molar-refractivity contribution is 8.01. The molecular formula is C18H17N3O4S2. The fourth-order valence-corrected chi connectivity index (χ4v) is 4.55. The number of benzene rings is 2. The van der Waals surface area contributed by atoms with Gasteiger partial charge < -0.3 is 10.0 Å². The van der Waals surface area contributed by atoms with E-state index in [9.17, 15) is 14.7 Å². The van der Waals surface area contributed by atoms with Crippen molar-refractivity contribution in [2.45, 2.75) is 10.9 Å². The molecule has 0 fully saturated rings. The van der Waals surface area contributed by atoms with E-state index in [0.717, 1.165) is 20.1 Å². The lowest BCUT2D eigenvalue weighted by Gasteiger charge is -2.19. The zero-order valence-corrected chi connectivity index (χ0v) is 15.8. The first-order valence-corrected chi connectivity index (χ1v) is 9.86. The third-order valence-corrected chi connectivity index (χ3v) is 5.98. The molecule has 0 saturated heterocycles. The van der Waals surface area contributed by atoms with Crippen LogP contribution in [0.4, 0.5) is 4.79 Å². The van der Waals surface area contributed by atoms with Crippen LogP contribution in [0.25, 0.3) is 10.2 Å². The number of hydrogen-bond donors (Lipinski definition) is 3. The molecule has 2 amide bonds. The van der Waals surface area contributed by atoms with Crippen LogP contribution < -0.4 is 5.48 Å². The van der Waals surface area contributed by atoms with E-state index in [1.807, 2.05) is 24.3 Å². The Morgan fingerprint density at radius 3 is 2.56 bits per heavy atom. The van der Waals surface area contributed by atoms with Gasteiger partial charge in [0.05, 0.1) is 10.2 Å². The maximum atomic E-state index is 11.5. The standard InChI is InChI=1S/C18H17N3O4S2/c22-16(20-25)13-7-5-12(6-8-13)11-21(18(23)24)9-10-26-17-19-14-3-1-2-4-15(14)27-17/h1-8,25H,9-11H2,(H,20,22)(H,23,24). The number of thioether (sulfide) groups is 1. The van der Waals surface area contributed by atoms with Crippen molar-refractivity contribution in [3.63, 3.8) is 0 Å². The molecule has 3 aromatic rings. The molecule has 9 heteroatoms.